The number of alkyl carbamates (subject to hydrolysis) is 1. The lowest BCUT2D eigenvalue weighted by Crippen LogP contribution is -2.58. The average molecular weight is 405 g/mol. The van der Waals surface area contributed by atoms with Crippen LogP contribution in [0.2, 0.25) is 0 Å². The quantitative estimate of drug-likeness (QED) is 0.773. The number of hydrogen-bond donors (Lipinski definition) is 1. The second-order valence-electron chi connectivity index (χ2n) is 8.62. The van der Waals surface area contributed by atoms with Crippen molar-refractivity contribution in [2.75, 3.05) is 6.54 Å². The van der Waals surface area contributed by atoms with E-state index in [2.05, 4.69) is 17.1 Å². The van der Waals surface area contributed by atoms with Gasteiger partial charge in [-0.25, -0.2) is 4.79 Å². The molecule has 3 fully saturated rings. The monoisotopic (exact) mass is 404 g/mol. The fourth-order valence-corrected chi connectivity index (χ4v) is 6.72. The minimum absolute atomic E-state index is 0.0285. The predicted octanol–water partition coefficient (Wildman–Crippen LogP) is 4.71. The minimum Gasteiger partial charge on any atom is -0.446 e. The first kappa shape index (κ1) is 19.7. The van der Waals surface area contributed by atoms with Gasteiger partial charge in [0.25, 0.3) is 0 Å². The van der Waals surface area contributed by atoms with Crippen LogP contribution in [-0.2, 0) is 16.1 Å². The van der Waals surface area contributed by atoms with Crippen LogP contribution in [0.25, 0.3) is 0 Å². The van der Waals surface area contributed by atoms with Gasteiger partial charge in [0.15, 0.2) is 0 Å². The number of carbonyl (C=O) groups excluding carboxylic acids is 2. The first-order valence-corrected chi connectivity index (χ1v) is 11.8. The van der Waals surface area contributed by atoms with Crippen LogP contribution in [-0.4, -0.2) is 35.1 Å². The van der Waals surface area contributed by atoms with Gasteiger partial charge in [-0.3, -0.25) is 4.79 Å². The van der Waals surface area contributed by atoms with Crippen molar-refractivity contribution < 1.29 is 14.3 Å². The molecule has 0 aromatic carbocycles. The molecule has 2 amide bonds. The summed E-state index contributed by atoms with van der Waals surface area (Å²) in [5.41, 5.74) is 0.0285. The Morgan fingerprint density at radius 3 is 3.04 bits per heavy atom. The summed E-state index contributed by atoms with van der Waals surface area (Å²) in [6.45, 7) is 3.65. The number of nitrogens with one attached hydrogen (secondary N) is 1. The summed E-state index contributed by atoms with van der Waals surface area (Å²) >= 11 is 1.64. The largest absolute Gasteiger partial charge is 0.446 e. The number of hydrogen-bond acceptors (Lipinski definition) is 4. The smallest absolute Gasteiger partial charge is 0.407 e. The van der Waals surface area contributed by atoms with E-state index in [1.165, 1.54) is 0 Å². The maximum Gasteiger partial charge on any atom is 0.407 e. The molecule has 1 aromatic heterocycles. The van der Waals surface area contributed by atoms with Gasteiger partial charge in [0.05, 0.1) is 6.54 Å². The number of nitrogens with zero attached hydrogens (tertiary/aromatic N) is 1. The van der Waals surface area contributed by atoms with Crippen molar-refractivity contribution in [3.8, 4) is 0 Å². The molecular weight excluding hydrogens is 372 g/mol. The minimum atomic E-state index is -0.302. The summed E-state index contributed by atoms with van der Waals surface area (Å²) in [7, 11) is 0. The van der Waals surface area contributed by atoms with E-state index in [1.807, 2.05) is 17.5 Å². The Balaban J connectivity index is 1.47. The van der Waals surface area contributed by atoms with Gasteiger partial charge in [-0.15, -0.1) is 11.3 Å². The summed E-state index contributed by atoms with van der Waals surface area (Å²) in [4.78, 5) is 28.5. The molecule has 1 aliphatic carbocycles. The van der Waals surface area contributed by atoms with Crippen LogP contribution in [0.5, 0.6) is 0 Å². The Kier molecular flexibility index (Phi) is 5.95. The van der Waals surface area contributed by atoms with Gasteiger partial charge < -0.3 is 15.0 Å². The molecule has 0 radical (unpaired) electrons. The van der Waals surface area contributed by atoms with Crippen molar-refractivity contribution in [3.05, 3.63) is 22.4 Å². The van der Waals surface area contributed by atoms with Gasteiger partial charge in [0, 0.05) is 29.3 Å². The molecule has 6 heteroatoms. The summed E-state index contributed by atoms with van der Waals surface area (Å²) in [5.74, 6) is 1.17. The molecule has 2 aliphatic heterocycles. The topological polar surface area (TPSA) is 58.6 Å². The second kappa shape index (κ2) is 8.44. The van der Waals surface area contributed by atoms with Crippen LogP contribution in [0.3, 0.4) is 0 Å². The Morgan fingerprint density at radius 2 is 2.25 bits per heavy atom. The van der Waals surface area contributed by atoms with Crippen LogP contribution in [0.15, 0.2) is 17.5 Å². The lowest BCUT2D eigenvalue weighted by atomic mass is 9.62. The molecule has 1 saturated carbocycles. The Hall–Kier alpha value is -1.56. The van der Waals surface area contributed by atoms with Crippen molar-refractivity contribution >= 4 is 23.3 Å². The zero-order valence-electron chi connectivity index (χ0n) is 16.8. The number of amides is 2. The summed E-state index contributed by atoms with van der Waals surface area (Å²) in [6, 6.07) is 4.01. The van der Waals surface area contributed by atoms with Crippen LogP contribution in [0.1, 0.15) is 69.6 Å². The average Bonchev–Trinajstić information content (AvgIpc) is 3.32. The second-order valence-corrected chi connectivity index (χ2v) is 9.65. The summed E-state index contributed by atoms with van der Waals surface area (Å²) in [5, 5.41) is 4.93. The van der Waals surface area contributed by atoms with Crippen LogP contribution in [0.4, 0.5) is 4.79 Å². The Bertz CT molecular complexity index is 692. The molecule has 3 heterocycles. The number of rotatable bonds is 5. The maximum absolute atomic E-state index is 12.7. The standard InChI is InChI=1S/C22H32N2O3S/c1-2-6-17-18-8-3-9-20(25)24-13-5-11-22(18,24)12-10-19(17)27-21(26)23-15-16-7-4-14-28-16/h4,7,14,17-19H,2-3,5-6,8-13,15H2,1H3,(H,23,26)/t17-,18+,19+,22-/m1/s1. The molecule has 1 spiro atoms. The van der Waals surface area contributed by atoms with Crippen molar-refractivity contribution in [2.24, 2.45) is 11.8 Å². The lowest BCUT2D eigenvalue weighted by molar-refractivity contribution is -0.141. The fraction of sp³-hybridized carbons (Fsp3) is 0.727. The van der Waals surface area contributed by atoms with E-state index in [1.54, 1.807) is 11.3 Å². The van der Waals surface area contributed by atoms with Crippen LogP contribution >= 0.6 is 11.3 Å². The molecule has 5 nitrogen and oxygen atoms in total. The van der Waals surface area contributed by atoms with E-state index in [0.29, 0.717) is 30.7 Å². The third kappa shape index (κ3) is 3.68. The number of carbonyl (C=O) groups is 2. The molecule has 1 N–H and O–H groups in total. The van der Waals surface area contributed by atoms with E-state index in [9.17, 15) is 9.59 Å². The van der Waals surface area contributed by atoms with Crippen molar-refractivity contribution in [2.45, 2.75) is 82.9 Å². The van der Waals surface area contributed by atoms with Crippen molar-refractivity contribution in [3.63, 3.8) is 0 Å². The molecule has 0 bridgehead atoms. The summed E-state index contributed by atoms with van der Waals surface area (Å²) in [6.07, 6.45) is 8.66. The number of ether oxygens (including phenoxy) is 1. The number of thiophene rings is 1. The first-order chi connectivity index (χ1) is 13.6. The highest BCUT2D eigenvalue weighted by Crippen LogP contribution is 2.53. The Labute approximate surface area is 171 Å². The van der Waals surface area contributed by atoms with E-state index < -0.39 is 0 Å². The third-order valence-electron chi connectivity index (χ3n) is 7.15. The summed E-state index contributed by atoms with van der Waals surface area (Å²) < 4.78 is 5.97. The molecule has 28 heavy (non-hydrogen) atoms. The van der Waals surface area contributed by atoms with E-state index in [4.69, 9.17) is 4.74 Å². The van der Waals surface area contributed by atoms with Crippen molar-refractivity contribution in [1.29, 1.82) is 0 Å². The molecule has 2 saturated heterocycles. The zero-order chi connectivity index (χ0) is 19.6. The normalized spacial score (nSPS) is 32.4. The zero-order valence-corrected chi connectivity index (χ0v) is 17.6. The first-order valence-electron chi connectivity index (χ1n) is 10.9. The van der Waals surface area contributed by atoms with E-state index >= 15 is 0 Å². The highest BCUT2D eigenvalue weighted by molar-refractivity contribution is 7.09. The molecule has 4 atom stereocenters. The SMILES string of the molecule is CCC[C@H]1[C@@H](OC(=O)NCc2cccs2)CC[C@@]23CCCN2C(=O)CCC[C@@H]13. The predicted molar refractivity (Wildman–Crippen MR) is 110 cm³/mol. The van der Waals surface area contributed by atoms with Gasteiger partial charge >= 0.3 is 6.09 Å². The highest BCUT2D eigenvalue weighted by atomic mass is 32.1. The molecule has 0 unspecified atom stereocenters. The van der Waals surface area contributed by atoms with E-state index in [-0.39, 0.29) is 17.7 Å². The third-order valence-corrected chi connectivity index (χ3v) is 8.03. The molecule has 4 rings (SSSR count). The van der Waals surface area contributed by atoms with Gasteiger partial charge in [-0.2, -0.15) is 0 Å². The molecule has 1 aromatic rings. The highest BCUT2D eigenvalue weighted by Gasteiger charge is 2.56. The molecule has 154 valence electrons. The Morgan fingerprint density at radius 1 is 1.36 bits per heavy atom. The van der Waals surface area contributed by atoms with Crippen LogP contribution < -0.4 is 5.32 Å². The lowest BCUT2D eigenvalue weighted by Gasteiger charge is -2.52. The maximum atomic E-state index is 12.7. The van der Waals surface area contributed by atoms with Crippen molar-refractivity contribution in [1.82, 2.24) is 10.2 Å². The van der Waals surface area contributed by atoms with E-state index in [0.717, 1.165) is 62.8 Å². The van der Waals surface area contributed by atoms with Crippen LogP contribution in [0, 0.1) is 11.8 Å². The molecular formula is C22H32N2O3S. The fourth-order valence-electron chi connectivity index (χ4n) is 6.08. The molecule has 3 aliphatic rings. The van der Waals surface area contributed by atoms with Gasteiger partial charge in [0.1, 0.15) is 6.10 Å². The van der Waals surface area contributed by atoms with Gasteiger partial charge in [-0.05, 0) is 62.3 Å². The van der Waals surface area contributed by atoms with Gasteiger partial charge in [0.2, 0.25) is 5.91 Å². The van der Waals surface area contributed by atoms with Gasteiger partial charge in [-0.1, -0.05) is 19.4 Å².